The predicted molar refractivity (Wildman–Crippen MR) is 70.6 cm³/mol. The van der Waals surface area contributed by atoms with Crippen LogP contribution in [0.25, 0.3) is 0 Å². The van der Waals surface area contributed by atoms with E-state index in [2.05, 4.69) is 0 Å². The minimum atomic E-state index is -3.24. The lowest BCUT2D eigenvalue weighted by molar-refractivity contribution is 0.0782. The zero-order valence-electron chi connectivity index (χ0n) is 10.7. The number of carbonyl (C=O) groups is 1. The fraction of sp³-hybridized carbons (Fsp3) is 0.462. The smallest absolute Gasteiger partial charge is 0.253 e. The predicted octanol–water partition coefficient (Wildman–Crippen LogP) is 0.544. The van der Waals surface area contributed by atoms with Gasteiger partial charge in [0.2, 0.25) is 0 Å². The molecular formula is C13H17NO4S. The number of rotatable bonds is 3. The van der Waals surface area contributed by atoms with E-state index in [4.69, 9.17) is 5.11 Å². The second kappa shape index (κ2) is 5.30. The lowest BCUT2D eigenvalue weighted by Crippen LogP contribution is -2.29. The highest BCUT2D eigenvalue weighted by atomic mass is 32.2. The lowest BCUT2D eigenvalue weighted by Gasteiger charge is -2.16. The van der Waals surface area contributed by atoms with Crippen LogP contribution < -0.4 is 0 Å². The van der Waals surface area contributed by atoms with Gasteiger partial charge in [-0.2, -0.15) is 0 Å². The van der Waals surface area contributed by atoms with Gasteiger partial charge in [0.05, 0.1) is 4.90 Å². The zero-order chi connectivity index (χ0) is 14.0. The molecule has 6 heteroatoms. The largest absolute Gasteiger partial charge is 0.396 e. The van der Waals surface area contributed by atoms with Crippen LogP contribution >= 0.6 is 0 Å². The molecule has 1 N–H and O–H groups in total. The van der Waals surface area contributed by atoms with E-state index >= 15 is 0 Å². The molecule has 1 heterocycles. The lowest BCUT2D eigenvalue weighted by atomic mass is 10.1. The molecule has 1 aromatic carbocycles. The zero-order valence-corrected chi connectivity index (χ0v) is 11.6. The molecule has 0 radical (unpaired) electrons. The maximum absolute atomic E-state index is 12.2. The summed E-state index contributed by atoms with van der Waals surface area (Å²) in [5.74, 6) is 0.0373. The van der Waals surface area contributed by atoms with E-state index in [0.717, 1.165) is 12.7 Å². The molecule has 0 aromatic heterocycles. The quantitative estimate of drug-likeness (QED) is 0.879. The molecule has 0 bridgehead atoms. The van der Waals surface area contributed by atoms with Crippen molar-refractivity contribution in [2.24, 2.45) is 5.92 Å². The number of aliphatic hydroxyl groups excluding tert-OH is 1. The summed E-state index contributed by atoms with van der Waals surface area (Å²) in [4.78, 5) is 14.1. The van der Waals surface area contributed by atoms with Crippen molar-refractivity contribution in [3.8, 4) is 0 Å². The third-order valence-electron chi connectivity index (χ3n) is 3.36. The molecule has 1 aromatic rings. The molecule has 1 fully saturated rings. The summed E-state index contributed by atoms with van der Waals surface area (Å²) in [5.41, 5.74) is 0.478. The number of aliphatic hydroxyl groups is 1. The summed E-state index contributed by atoms with van der Waals surface area (Å²) in [5, 5.41) is 9.06. The van der Waals surface area contributed by atoms with E-state index in [9.17, 15) is 13.2 Å². The first-order valence-corrected chi connectivity index (χ1v) is 8.01. The van der Waals surface area contributed by atoms with E-state index < -0.39 is 9.84 Å². The summed E-state index contributed by atoms with van der Waals surface area (Å²) in [7, 11) is -3.24. The molecule has 104 valence electrons. The van der Waals surface area contributed by atoms with Crippen molar-refractivity contribution in [2.45, 2.75) is 11.3 Å². The Morgan fingerprint density at radius 3 is 2.47 bits per heavy atom. The first-order chi connectivity index (χ1) is 8.91. The topological polar surface area (TPSA) is 74.7 Å². The molecule has 0 spiro atoms. The first kappa shape index (κ1) is 14.0. The third kappa shape index (κ3) is 3.13. The Labute approximate surface area is 112 Å². The van der Waals surface area contributed by atoms with Gasteiger partial charge >= 0.3 is 0 Å². The second-order valence-electron chi connectivity index (χ2n) is 4.88. The van der Waals surface area contributed by atoms with Gasteiger partial charge in [-0.15, -0.1) is 0 Å². The van der Waals surface area contributed by atoms with Crippen molar-refractivity contribution in [3.63, 3.8) is 0 Å². The van der Waals surface area contributed by atoms with Crippen LogP contribution in [0.3, 0.4) is 0 Å². The molecule has 2 rings (SSSR count). The monoisotopic (exact) mass is 283 g/mol. The van der Waals surface area contributed by atoms with Gasteiger partial charge in [-0.1, -0.05) is 0 Å². The normalized spacial score (nSPS) is 19.7. The van der Waals surface area contributed by atoms with Crippen molar-refractivity contribution in [3.05, 3.63) is 29.8 Å². The average molecular weight is 283 g/mol. The fourth-order valence-corrected chi connectivity index (χ4v) is 2.82. The summed E-state index contributed by atoms with van der Waals surface area (Å²) >= 11 is 0. The van der Waals surface area contributed by atoms with Gasteiger partial charge in [-0.25, -0.2) is 8.42 Å². The molecule has 5 nitrogen and oxygen atoms in total. The number of sulfone groups is 1. The van der Waals surface area contributed by atoms with Crippen LogP contribution in [0.1, 0.15) is 16.8 Å². The van der Waals surface area contributed by atoms with Gasteiger partial charge in [-0.05, 0) is 30.7 Å². The highest BCUT2D eigenvalue weighted by molar-refractivity contribution is 7.90. The average Bonchev–Trinajstić information content (AvgIpc) is 2.86. The van der Waals surface area contributed by atoms with Gasteiger partial charge in [-0.3, -0.25) is 4.79 Å². The van der Waals surface area contributed by atoms with Crippen molar-refractivity contribution in [2.75, 3.05) is 26.0 Å². The van der Waals surface area contributed by atoms with Crippen molar-refractivity contribution >= 4 is 15.7 Å². The Kier molecular flexibility index (Phi) is 3.91. The number of likely N-dealkylation sites (tertiary alicyclic amines) is 1. The Bertz CT molecular complexity index is 565. The summed E-state index contributed by atoms with van der Waals surface area (Å²) in [6.45, 7) is 1.29. The van der Waals surface area contributed by atoms with Gasteiger partial charge in [0.15, 0.2) is 9.84 Å². The van der Waals surface area contributed by atoms with Crippen LogP contribution in [0.2, 0.25) is 0 Å². The standard InChI is InChI=1S/C13H17NO4S/c1-19(17,18)12-4-2-11(3-5-12)13(16)14-7-6-10(8-14)9-15/h2-5,10,15H,6-9H2,1H3. The number of nitrogens with zero attached hydrogens (tertiary/aromatic N) is 1. The molecule has 19 heavy (non-hydrogen) atoms. The van der Waals surface area contributed by atoms with Crippen LogP contribution in [-0.2, 0) is 9.84 Å². The molecule has 0 saturated carbocycles. The summed E-state index contributed by atoms with van der Waals surface area (Å²) < 4.78 is 22.7. The Hall–Kier alpha value is -1.40. The van der Waals surface area contributed by atoms with Gasteiger partial charge in [0.1, 0.15) is 0 Å². The van der Waals surface area contributed by atoms with Crippen LogP contribution in [0, 0.1) is 5.92 Å². The first-order valence-electron chi connectivity index (χ1n) is 6.12. The van der Waals surface area contributed by atoms with Crippen molar-refractivity contribution in [1.82, 2.24) is 4.90 Å². The summed E-state index contributed by atoms with van der Waals surface area (Å²) in [6, 6.07) is 5.96. The van der Waals surface area contributed by atoms with E-state index in [-0.39, 0.29) is 23.3 Å². The molecule has 1 atom stereocenters. The number of carbonyl (C=O) groups excluding carboxylic acids is 1. The minimum Gasteiger partial charge on any atom is -0.396 e. The molecule has 0 aliphatic carbocycles. The second-order valence-corrected chi connectivity index (χ2v) is 6.90. The fourth-order valence-electron chi connectivity index (χ4n) is 2.19. The van der Waals surface area contributed by atoms with Gasteiger partial charge in [0, 0.05) is 37.4 Å². The van der Waals surface area contributed by atoms with E-state index in [1.807, 2.05) is 0 Å². The van der Waals surface area contributed by atoms with Gasteiger partial charge in [0.25, 0.3) is 5.91 Å². The number of amides is 1. The molecule has 1 aliphatic heterocycles. The van der Waals surface area contributed by atoms with Crippen LogP contribution in [0.15, 0.2) is 29.2 Å². The molecule has 1 unspecified atom stereocenters. The highest BCUT2D eigenvalue weighted by Crippen LogP contribution is 2.19. The maximum atomic E-state index is 12.2. The minimum absolute atomic E-state index is 0.0940. The maximum Gasteiger partial charge on any atom is 0.253 e. The molecule has 1 saturated heterocycles. The number of benzene rings is 1. The van der Waals surface area contributed by atoms with E-state index in [0.29, 0.717) is 18.7 Å². The summed E-state index contributed by atoms with van der Waals surface area (Å²) in [6.07, 6.45) is 1.94. The van der Waals surface area contributed by atoms with Crippen LogP contribution in [-0.4, -0.2) is 50.3 Å². The number of hydrogen-bond acceptors (Lipinski definition) is 4. The Balaban J connectivity index is 2.13. The highest BCUT2D eigenvalue weighted by Gasteiger charge is 2.26. The van der Waals surface area contributed by atoms with Crippen molar-refractivity contribution < 1.29 is 18.3 Å². The molecular weight excluding hydrogens is 266 g/mol. The van der Waals surface area contributed by atoms with E-state index in [1.54, 1.807) is 4.90 Å². The molecule has 1 aliphatic rings. The SMILES string of the molecule is CS(=O)(=O)c1ccc(C(=O)N2CCC(CO)C2)cc1. The van der Waals surface area contributed by atoms with Crippen LogP contribution in [0.4, 0.5) is 0 Å². The van der Waals surface area contributed by atoms with E-state index in [1.165, 1.54) is 24.3 Å². The van der Waals surface area contributed by atoms with Crippen LogP contribution in [0.5, 0.6) is 0 Å². The van der Waals surface area contributed by atoms with Crippen molar-refractivity contribution in [1.29, 1.82) is 0 Å². The van der Waals surface area contributed by atoms with Gasteiger partial charge < -0.3 is 10.0 Å². The Morgan fingerprint density at radius 1 is 1.37 bits per heavy atom. The Morgan fingerprint density at radius 2 is 2.00 bits per heavy atom. The molecule has 1 amide bonds. The third-order valence-corrected chi connectivity index (χ3v) is 4.49. The number of hydrogen-bond donors (Lipinski definition) is 1.